The Morgan fingerprint density at radius 1 is 1.41 bits per heavy atom. The minimum Gasteiger partial charge on any atom is -0.496 e. The zero-order chi connectivity index (χ0) is 18.5. The van der Waals surface area contributed by atoms with E-state index in [2.05, 4.69) is 10.3 Å². The number of nitrogens with zero attached hydrogens (tertiary/aromatic N) is 2. The molecule has 1 aromatic carbocycles. The summed E-state index contributed by atoms with van der Waals surface area (Å²) in [6, 6.07) is 5.79. The van der Waals surface area contributed by atoms with E-state index in [4.69, 9.17) is 25.5 Å². The highest BCUT2D eigenvalue weighted by atomic mass is 35.5. The van der Waals surface area contributed by atoms with Crippen molar-refractivity contribution in [1.82, 2.24) is 9.88 Å². The average Bonchev–Trinajstić information content (AvgIpc) is 3.24. The number of methoxy groups -OCH3 is 1. The van der Waals surface area contributed by atoms with Gasteiger partial charge in [0.05, 0.1) is 18.5 Å². The Hall–Kier alpha value is -2.67. The van der Waals surface area contributed by atoms with Gasteiger partial charge in [-0.1, -0.05) is 6.07 Å². The van der Waals surface area contributed by atoms with Gasteiger partial charge in [-0.3, -0.25) is 4.79 Å². The topological polar surface area (TPSA) is 76.8 Å². The van der Waals surface area contributed by atoms with Crippen LogP contribution in [0.25, 0.3) is 12.2 Å². The lowest BCUT2D eigenvalue weighted by Crippen LogP contribution is -2.43. The first-order chi connectivity index (χ1) is 13.1. The van der Waals surface area contributed by atoms with Crippen LogP contribution in [0.1, 0.15) is 23.2 Å². The summed E-state index contributed by atoms with van der Waals surface area (Å²) in [6.07, 6.45) is 4.88. The van der Waals surface area contributed by atoms with E-state index >= 15 is 0 Å². The fourth-order valence-electron chi connectivity index (χ4n) is 3.82. The van der Waals surface area contributed by atoms with Crippen molar-refractivity contribution in [2.45, 2.75) is 30.5 Å². The maximum atomic E-state index is 12.9. The number of nitrogens with one attached hydrogen (secondary N) is 1. The first kappa shape index (κ1) is 16.5. The van der Waals surface area contributed by atoms with Crippen molar-refractivity contribution in [3.05, 3.63) is 34.5 Å². The molecule has 3 atom stereocenters. The SMILES string of the molecule is COc1cccc2c1C(=O)N1C[C@H](Nc3nc4c(o3)=CCC(Cl)C=4)CC1O2. The molecule has 7 nitrogen and oxygen atoms in total. The fourth-order valence-corrected chi connectivity index (χ4v) is 4.02. The highest BCUT2D eigenvalue weighted by Gasteiger charge is 2.43. The van der Waals surface area contributed by atoms with Crippen molar-refractivity contribution < 1.29 is 18.7 Å². The molecule has 5 rings (SSSR count). The van der Waals surface area contributed by atoms with Gasteiger partial charge in [0.1, 0.15) is 22.4 Å². The van der Waals surface area contributed by atoms with Gasteiger partial charge in [0.25, 0.3) is 11.9 Å². The van der Waals surface area contributed by atoms with Crippen molar-refractivity contribution in [2.24, 2.45) is 0 Å². The van der Waals surface area contributed by atoms with Gasteiger partial charge in [-0.2, -0.15) is 4.98 Å². The van der Waals surface area contributed by atoms with Gasteiger partial charge in [0, 0.05) is 13.0 Å². The third-order valence-electron chi connectivity index (χ3n) is 5.07. The molecule has 27 heavy (non-hydrogen) atoms. The molecule has 1 fully saturated rings. The number of carbonyl (C=O) groups is 1. The van der Waals surface area contributed by atoms with E-state index in [1.807, 2.05) is 18.2 Å². The smallest absolute Gasteiger partial charge is 0.295 e. The number of rotatable bonds is 3. The van der Waals surface area contributed by atoms with Gasteiger partial charge in [-0.15, -0.1) is 11.6 Å². The van der Waals surface area contributed by atoms with Gasteiger partial charge in [-0.05, 0) is 30.7 Å². The van der Waals surface area contributed by atoms with Crippen molar-refractivity contribution in [3.8, 4) is 11.5 Å². The molecule has 0 radical (unpaired) electrons. The molecule has 3 heterocycles. The minimum atomic E-state index is -0.315. The first-order valence-corrected chi connectivity index (χ1v) is 9.30. The van der Waals surface area contributed by atoms with E-state index in [1.54, 1.807) is 24.1 Å². The van der Waals surface area contributed by atoms with Gasteiger partial charge in [0.2, 0.25) is 0 Å². The van der Waals surface area contributed by atoms with Gasteiger partial charge in [-0.25, -0.2) is 0 Å². The number of benzene rings is 1. The minimum absolute atomic E-state index is 0.0221. The molecule has 3 aliphatic rings. The predicted molar refractivity (Wildman–Crippen MR) is 99.4 cm³/mol. The van der Waals surface area contributed by atoms with Crippen LogP contribution in [0.4, 0.5) is 6.01 Å². The third kappa shape index (κ3) is 2.73. The van der Waals surface area contributed by atoms with Crippen LogP contribution in [0.2, 0.25) is 0 Å². The summed E-state index contributed by atoms with van der Waals surface area (Å²) in [5, 5.41) is 3.97. The molecule has 1 amide bonds. The normalized spacial score (nSPS) is 25.5. The van der Waals surface area contributed by atoms with E-state index in [-0.39, 0.29) is 23.6 Å². The van der Waals surface area contributed by atoms with Gasteiger partial charge >= 0.3 is 0 Å². The lowest BCUT2D eigenvalue weighted by molar-refractivity contribution is 0.0288. The molecule has 0 spiro atoms. The molecule has 8 heteroatoms. The Kier molecular flexibility index (Phi) is 3.79. The summed E-state index contributed by atoms with van der Waals surface area (Å²) >= 11 is 6.13. The molecule has 1 aliphatic carbocycles. The number of oxazole rings is 1. The van der Waals surface area contributed by atoms with E-state index in [0.29, 0.717) is 36.0 Å². The molecular weight excluding hydrogens is 370 g/mol. The summed E-state index contributed by atoms with van der Waals surface area (Å²) in [6.45, 7) is 0.500. The van der Waals surface area contributed by atoms with Crippen molar-refractivity contribution in [2.75, 3.05) is 19.0 Å². The van der Waals surface area contributed by atoms with E-state index in [0.717, 1.165) is 17.2 Å². The highest BCUT2D eigenvalue weighted by molar-refractivity contribution is 6.24. The van der Waals surface area contributed by atoms with Crippen LogP contribution in [0.3, 0.4) is 0 Å². The summed E-state index contributed by atoms with van der Waals surface area (Å²) in [5.41, 5.74) is 1.20. The van der Waals surface area contributed by atoms with E-state index in [1.165, 1.54) is 0 Å². The quantitative estimate of drug-likeness (QED) is 0.800. The number of carbonyl (C=O) groups excluding carboxylic acids is 1. The number of hydrogen-bond acceptors (Lipinski definition) is 6. The van der Waals surface area contributed by atoms with Gasteiger partial charge < -0.3 is 24.1 Å². The largest absolute Gasteiger partial charge is 0.496 e. The van der Waals surface area contributed by atoms with Crippen LogP contribution >= 0.6 is 11.6 Å². The standard InChI is InChI=1S/C19H18ClN3O4/c1-25-14-3-2-4-15-17(14)18(24)23-9-11(8-16(23)26-15)21-19-22-12-7-10(20)5-6-13(12)27-19/h2-4,6-7,10-11,16H,5,8-9H2,1H3,(H,21,22)/t10?,11-,16?/m1/s1. The molecule has 1 aromatic heterocycles. The van der Waals surface area contributed by atoms with Crippen molar-refractivity contribution >= 4 is 35.7 Å². The van der Waals surface area contributed by atoms with Crippen LogP contribution < -0.4 is 25.6 Å². The molecule has 2 aliphatic heterocycles. The van der Waals surface area contributed by atoms with Crippen LogP contribution in [0, 0.1) is 0 Å². The Morgan fingerprint density at radius 2 is 2.30 bits per heavy atom. The number of aromatic nitrogens is 1. The van der Waals surface area contributed by atoms with Crippen molar-refractivity contribution in [3.63, 3.8) is 0 Å². The number of hydrogen-bond donors (Lipinski definition) is 1. The second-order valence-electron chi connectivity index (χ2n) is 6.83. The van der Waals surface area contributed by atoms with Crippen LogP contribution in [0.15, 0.2) is 22.6 Å². The summed E-state index contributed by atoms with van der Waals surface area (Å²) in [7, 11) is 1.55. The number of alkyl halides is 1. The Bertz CT molecular complexity index is 1030. The average molecular weight is 388 g/mol. The zero-order valence-electron chi connectivity index (χ0n) is 14.6. The molecule has 0 bridgehead atoms. The summed E-state index contributed by atoms with van der Waals surface area (Å²) in [4.78, 5) is 19.1. The highest BCUT2D eigenvalue weighted by Crippen LogP contribution is 2.38. The number of amides is 1. The van der Waals surface area contributed by atoms with Crippen LogP contribution in [-0.2, 0) is 0 Å². The fraction of sp³-hybridized carbons (Fsp3) is 0.368. The number of anilines is 1. The predicted octanol–water partition coefficient (Wildman–Crippen LogP) is 1.30. The van der Waals surface area contributed by atoms with Gasteiger partial charge in [0.15, 0.2) is 11.6 Å². The number of ether oxygens (including phenoxy) is 2. The third-order valence-corrected chi connectivity index (χ3v) is 5.38. The molecule has 1 saturated heterocycles. The number of fused-ring (bicyclic) bond motifs is 3. The molecule has 2 aromatic rings. The maximum absolute atomic E-state index is 12.9. The van der Waals surface area contributed by atoms with Crippen LogP contribution in [0.5, 0.6) is 11.5 Å². The molecule has 1 N–H and O–H groups in total. The molecule has 2 unspecified atom stereocenters. The zero-order valence-corrected chi connectivity index (χ0v) is 15.4. The summed E-state index contributed by atoms with van der Waals surface area (Å²) in [5.74, 6) is 1.00. The van der Waals surface area contributed by atoms with E-state index in [9.17, 15) is 4.79 Å². The number of halogens is 1. The Labute approximate surface area is 160 Å². The van der Waals surface area contributed by atoms with E-state index < -0.39 is 0 Å². The second-order valence-corrected chi connectivity index (χ2v) is 7.39. The summed E-state index contributed by atoms with van der Waals surface area (Å²) < 4.78 is 17.1. The van der Waals surface area contributed by atoms with Crippen LogP contribution in [-0.4, -0.2) is 47.1 Å². The monoisotopic (exact) mass is 387 g/mol. The van der Waals surface area contributed by atoms with Crippen molar-refractivity contribution in [1.29, 1.82) is 0 Å². The molecule has 140 valence electrons. The lowest BCUT2D eigenvalue weighted by Gasteiger charge is -2.31. The molecular formula is C19H18ClN3O4. The second kappa shape index (κ2) is 6.20. The maximum Gasteiger partial charge on any atom is 0.295 e. The molecule has 0 saturated carbocycles. The lowest BCUT2D eigenvalue weighted by atomic mass is 10.1. The Balaban J connectivity index is 1.37. The Morgan fingerprint density at radius 3 is 3.15 bits per heavy atom. The first-order valence-electron chi connectivity index (χ1n) is 8.86.